The van der Waals surface area contributed by atoms with E-state index in [2.05, 4.69) is 5.10 Å². The molecular formula is C13H14ClN3O3S. The molecule has 0 aliphatic carbocycles. The first kappa shape index (κ1) is 15.5. The molecule has 1 aromatic heterocycles. The molecule has 0 saturated heterocycles. The molecule has 0 unspecified atom stereocenters. The van der Waals surface area contributed by atoms with E-state index in [1.165, 1.54) is 12.1 Å². The largest absolute Gasteiger partial charge is 0.268 e. The topological polar surface area (TPSA) is 81.1 Å². The van der Waals surface area contributed by atoms with Gasteiger partial charge in [-0.1, -0.05) is 11.6 Å². The van der Waals surface area contributed by atoms with Crippen LogP contribution in [0.25, 0.3) is 5.69 Å². The van der Waals surface area contributed by atoms with E-state index in [1.807, 2.05) is 11.6 Å². The number of hydrogen-bond acceptors (Lipinski definition) is 4. The summed E-state index contributed by atoms with van der Waals surface area (Å²) in [4.78, 5) is 11.7. The van der Waals surface area contributed by atoms with Gasteiger partial charge in [-0.2, -0.15) is 5.10 Å². The molecule has 112 valence electrons. The summed E-state index contributed by atoms with van der Waals surface area (Å²) in [6.45, 7) is 3.65. The fourth-order valence-electron chi connectivity index (χ4n) is 1.86. The zero-order chi connectivity index (χ0) is 15.8. The predicted octanol–water partition coefficient (Wildman–Crippen LogP) is 1.83. The van der Waals surface area contributed by atoms with Crippen molar-refractivity contribution in [3.05, 3.63) is 46.2 Å². The highest BCUT2D eigenvalue weighted by molar-refractivity contribution is 7.89. The number of nitrogens with one attached hydrogen (secondary N) is 1. The predicted molar refractivity (Wildman–Crippen MR) is 80.4 cm³/mol. The van der Waals surface area contributed by atoms with Crippen LogP contribution in [0.3, 0.4) is 0 Å². The fourth-order valence-corrected chi connectivity index (χ4v) is 2.43. The molecule has 0 saturated carbocycles. The van der Waals surface area contributed by atoms with Crippen LogP contribution in [0.4, 0.5) is 0 Å². The second-order valence-corrected chi connectivity index (χ2v) is 6.77. The van der Waals surface area contributed by atoms with Crippen LogP contribution in [0.15, 0.2) is 24.3 Å². The fraction of sp³-hybridized carbons (Fsp3) is 0.231. The van der Waals surface area contributed by atoms with Gasteiger partial charge in [-0.25, -0.2) is 17.8 Å². The van der Waals surface area contributed by atoms with Gasteiger partial charge in [0.15, 0.2) is 0 Å². The molecule has 1 N–H and O–H groups in total. The number of rotatable bonds is 3. The maximum atomic E-state index is 11.7. The van der Waals surface area contributed by atoms with Gasteiger partial charge in [0, 0.05) is 5.56 Å². The summed E-state index contributed by atoms with van der Waals surface area (Å²) in [5.41, 5.74) is 2.49. The monoisotopic (exact) mass is 327 g/mol. The van der Waals surface area contributed by atoms with Gasteiger partial charge in [0.25, 0.3) is 5.91 Å². The maximum Gasteiger partial charge on any atom is 0.264 e. The molecule has 0 spiro atoms. The Kier molecular flexibility index (Phi) is 4.06. The number of benzene rings is 1. The number of carbonyl (C=O) groups is 1. The molecule has 6 nitrogen and oxygen atoms in total. The molecule has 0 aliphatic heterocycles. The van der Waals surface area contributed by atoms with E-state index in [0.29, 0.717) is 10.7 Å². The number of sulfonamides is 1. The van der Waals surface area contributed by atoms with Crippen LogP contribution >= 0.6 is 11.6 Å². The highest BCUT2D eigenvalue weighted by Gasteiger charge is 2.13. The summed E-state index contributed by atoms with van der Waals surface area (Å²) in [6.07, 6.45) is 0.928. The molecule has 0 radical (unpaired) electrons. The van der Waals surface area contributed by atoms with Gasteiger partial charge in [0.05, 0.1) is 28.4 Å². The Morgan fingerprint density at radius 2 is 1.81 bits per heavy atom. The standard InChI is InChI=1S/C13H14ClN3O3S/c1-8-12(14)9(2)17(15-8)11-6-4-10(5-7-11)13(18)16-21(3,19)20/h4-7H,1-3H3,(H,16,18). The molecule has 0 aliphatic rings. The van der Waals surface area contributed by atoms with Crippen molar-refractivity contribution >= 4 is 27.5 Å². The van der Waals surface area contributed by atoms with Crippen LogP contribution in [0.1, 0.15) is 21.7 Å². The number of nitrogens with zero attached hydrogens (tertiary/aromatic N) is 2. The van der Waals surface area contributed by atoms with Crippen LogP contribution in [-0.4, -0.2) is 30.4 Å². The zero-order valence-electron chi connectivity index (χ0n) is 11.7. The van der Waals surface area contributed by atoms with Gasteiger partial charge in [0.1, 0.15) is 0 Å². The number of aryl methyl sites for hydroxylation is 1. The second kappa shape index (κ2) is 5.50. The molecule has 0 bridgehead atoms. The minimum Gasteiger partial charge on any atom is -0.268 e. The van der Waals surface area contributed by atoms with Gasteiger partial charge in [-0.15, -0.1) is 0 Å². The lowest BCUT2D eigenvalue weighted by Gasteiger charge is -2.06. The summed E-state index contributed by atoms with van der Waals surface area (Å²) >= 11 is 6.09. The van der Waals surface area contributed by atoms with Crippen molar-refractivity contribution in [2.75, 3.05) is 6.26 Å². The summed E-state index contributed by atoms with van der Waals surface area (Å²) < 4.78 is 25.6. The first-order valence-corrected chi connectivity index (χ1v) is 8.30. The average molecular weight is 328 g/mol. The third kappa shape index (κ3) is 3.43. The van der Waals surface area contributed by atoms with Crippen LogP contribution in [0, 0.1) is 13.8 Å². The maximum absolute atomic E-state index is 11.7. The van der Waals surface area contributed by atoms with Crippen molar-refractivity contribution < 1.29 is 13.2 Å². The summed E-state index contributed by atoms with van der Waals surface area (Å²) in [5, 5.41) is 4.89. The van der Waals surface area contributed by atoms with E-state index in [4.69, 9.17) is 11.6 Å². The summed E-state index contributed by atoms with van der Waals surface area (Å²) in [7, 11) is -3.58. The van der Waals surface area contributed by atoms with Crippen molar-refractivity contribution in [3.63, 3.8) is 0 Å². The molecule has 2 rings (SSSR count). The Bertz CT molecular complexity index is 795. The third-order valence-corrected chi connectivity index (χ3v) is 3.96. The molecule has 21 heavy (non-hydrogen) atoms. The molecule has 0 atom stereocenters. The molecule has 0 fully saturated rings. The minimum absolute atomic E-state index is 0.247. The highest BCUT2D eigenvalue weighted by Crippen LogP contribution is 2.22. The zero-order valence-corrected chi connectivity index (χ0v) is 13.3. The Labute approximate surface area is 127 Å². The molecular weight excluding hydrogens is 314 g/mol. The van der Waals surface area contributed by atoms with Crippen LogP contribution < -0.4 is 4.72 Å². The van der Waals surface area contributed by atoms with Crippen molar-refractivity contribution in [1.82, 2.24) is 14.5 Å². The van der Waals surface area contributed by atoms with Gasteiger partial charge < -0.3 is 0 Å². The van der Waals surface area contributed by atoms with E-state index >= 15 is 0 Å². The van der Waals surface area contributed by atoms with Gasteiger partial charge in [0.2, 0.25) is 10.0 Å². The van der Waals surface area contributed by atoms with E-state index in [-0.39, 0.29) is 5.56 Å². The van der Waals surface area contributed by atoms with Gasteiger partial charge in [-0.3, -0.25) is 4.79 Å². The SMILES string of the molecule is Cc1nn(-c2ccc(C(=O)NS(C)(=O)=O)cc2)c(C)c1Cl. The third-order valence-electron chi connectivity index (χ3n) is 2.86. The van der Waals surface area contributed by atoms with Crippen molar-refractivity contribution in [1.29, 1.82) is 0 Å². The number of carbonyl (C=O) groups excluding carboxylic acids is 1. The number of halogens is 1. The number of amides is 1. The lowest BCUT2D eigenvalue weighted by Crippen LogP contribution is -2.29. The number of hydrogen-bond donors (Lipinski definition) is 1. The summed E-state index contributed by atoms with van der Waals surface area (Å²) in [5.74, 6) is -0.671. The van der Waals surface area contributed by atoms with Crippen molar-refractivity contribution in [2.24, 2.45) is 0 Å². The number of aromatic nitrogens is 2. The average Bonchev–Trinajstić information content (AvgIpc) is 2.65. The van der Waals surface area contributed by atoms with Crippen LogP contribution in [-0.2, 0) is 10.0 Å². The Balaban J connectivity index is 2.31. The van der Waals surface area contributed by atoms with E-state index < -0.39 is 15.9 Å². The van der Waals surface area contributed by atoms with Crippen molar-refractivity contribution in [3.8, 4) is 5.69 Å². The molecule has 1 heterocycles. The molecule has 8 heteroatoms. The Morgan fingerprint density at radius 3 is 2.24 bits per heavy atom. The highest BCUT2D eigenvalue weighted by atomic mass is 35.5. The lowest BCUT2D eigenvalue weighted by molar-refractivity contribution is 0.0981. The first-order valence-electron chi connectivity index (χ1n) is 6.03. The quantitative estimate of drug-likeness (QED) is 0.932. The van der Waals surface area contributed by atoms with E-state index in [0.717, 1.165) is 17.6 Å². The lowest BCUT2D eigenvalue weighted by atomic mass is 10.2. The normalized spacial score (nSPS) is 11.4. The molecule has 1 amide bonds. The smallest absolute Gasteiger partial charge is 0.264 e. The minimum atomic E-state index is -3.58. The van der Waals surface area contributed by atoms with E-state index in [9.17, 15) is 13.2 Å². The molecule has 1 aromatic carbocycles. The Hall–Kier alpha value is -1.86. The van der Waals surface area contributed by atoms with Crippen LogP contribution in [0.5, 0.6) is 0 Å². The molecule has 2 aromatic rings. The van der Waals surface area contributed by atoms with Gasteiger partial charge in [-0.05, 0) is 38.1 Å². The van der Waals surface area contributed by atoms with Crippen molar-refractivity contribution in [2.45, 2.75) is 13.8 Å². The van der Waals surface area contributed by atoms with Crippen LogP contribution in [0.2, 0.25) is 5.02 Å². The van der Waals surface area contributed by atoms with Gasteiger partial charge >= 0.3 is 0 Å². The second-order valence-electron chi connectivity index (χ2n) is 4.65. The van der Waals surface area contributed by atoms with E-state index in [1.54, 1.807) is 23.7 Å². The Morgan fingerprint density at radius 1 is 1.24 bits per heavy atom. The first-order chi connectivity index (χ1) is 9.69. The summed E-state index contributed by atoms with van der Waals surface area (Å²) in [6, 6.07) is 6.40.